The van der Waals surface area contributed by atoms with E-state index >= 15 is 0 Å². The molecule has 0 aliphatic rings. The molecule has 0 amide bonds. The molecule has 1 unspecified atom stereocenters. The molecule has 2 aromatic rings. The number of aliphatic hydroxyl groups excluding tert-OH is 1. The third kappa shape index (κ3) is 1.62. The summed E-state index contributed by atoms with van der Waals surface area (Å²) in [5.74, 6) is 0. The molecule has 4 nitrogen and oxygen atoms in total. The second-order valence-corrected chi connectivity index (χ2v) is 3.81. The molecule has 0 radical (unpaired) electrons. The van der Waals surface area contributed by atoms with Gasteiger partial charge in [-0.3, -0.25) is 0 Å². The predicted octanol–water partition coefficient (Wildman–Crippen LogP) is 0.943. The van der Waals surface area contributed by atoms with E-state index in [9.17, 15) is 0 Å². The molecule has 0 bridgehead atoms. The minimum atomic E-state index is -0.373. The molecule has 4 heteroatoms. The van der Waals surface area contributed by atoms with Crippen LogP contribution in [0.25, 0.3) is 5.65 Å². The molecule has 1 atom stereocenters. The first-order valence-corrected chi connectivity index (χ1v) is 4.95. The van der Waals surface area contributed by atoms with Gasteiger partial charge in [-0.15, -0.1) is 0 Å². The first kappa shape index (κ1) is 10.1. The fraction of sp³-hybridized carbons (Fsp3) is 0.364. The van der Waals surface area contributed by atoms with Crippen LogP contribution in [0.1, 0.15) is 23.0 Å². The molecule has 15 heavy (non-hydrogen) atoms. The summed E-state index contributed by atoms with van der Waals surface area (Å²) in [6.07, 6.45) is 1.99. The van der Waals surface area contributed by atoms with Crippen molar-refractivity contribution in [3.05, 3.63) is 35.3 Å². The smallest absolute Gasteiger partial charge is 0.137 e. The largest absolute Gasteiger partial charge is 0.394 e. The highest BCUT2D eigenvalue weighted by Crippen LogP contribution is 2.18. The van der Waals surface area contributed by atoms with E-state index in [1.54, 1.807) is 0 Å². The van der Waals surface area contributed by atoms with Crippen molar-refractivity contribution in [3.63, 3.8) is 0 Å². The zero-order valence-electron chi connectivity index (χ0n) is 8.94. The van der Waals surface area contributed by atoms with Crippen LogP contribution in [0.3, 0.4) is 0 Å². The summed E-state index contributed by atoms with van der Waals surface area (Å²) in [4.78, 5) is 4.40. The summed E-state index contributed by atoms with van der Waals surface area (Å²) in [6, 6.07) is 3.59. The van der Waals surface area contributed by atoms with Crippen LogP contribution in [0.5, 0.6) is 0 Å². The molecule has 0 saturated heterocycles. The molecule has 2 rings (SSSR count). The van der Waals surface area contributed by atoms with Gasteiger partial charge >= 0.3 is 0 Å². The lowest BCUT2D eigenvalue weighted by molar-refractivity contribution is 0.265. The van der Waals surface area contributed by atoms with Gasteiger partial charge in [0.1, 0.15) is 5.65 Å². The van der Waals surface area contributed by atoms with E-state index in [-0.39, 0.29) is 12.6 Å². The number of aromatic nitrogens is 2. The molecule has 0 aromatic carbocycles. The van der Waals surface area contributed by atoms with Gasteiger partial charge in [-0.2, -0.15) is 0 Å². The number of fused-ring (bicyclic) bond motifs is 1. The van der Waals surface area contributed by atoms with E-state index in [4.69, 9.17) is 10.8 Å². The van der Waals surface area contributed by atoms with Gasteiger partial charge in [0.25, 0.3) is 0 Å². The van der Waals surface area contributed by atoms with Crippen molar-refractivity contribution < 1.29 is 5.11 Å². The number of aliphatic hydroxyl groups is 1. The molecular weight excluding hydrogens is 190 g/mol. The molecule has 0 aliphatic carbocycles. The molecule has 0 spiro atoms. The van der Waals surface area contributed by atoms with Crippen LogP contribution in [-0.2, 0) is 0 Å². The SMILES string of the molecule is Cc1ccc2nc(C)c(C(N)CO)n2c1. The Balaban J connectivity index is 2.70. The van der Waals surface area contributed by atoms with Crippen LogP contribution in [-0.4, -0.2) is 21.1 Å². The highest BCUT2D eigenvalue weighted by Gasteiger charge is 2.14. The summed E-state index contributed by atoms with van der Waals surface area (Å²) in [5, 5.41) is 9.09. The van der Waals surface area contributed by atoms with Crippen LogP contribution < -0.4 is 5.73 Å². The lowest BCUT2D eigenvalue weighted by atomic mass is 10.2. The molecule has 0 fully saturated rings. The summed E-state index contributed by atoms with van der Waals surface area (Å²) in [5.41, 5.74) is 9.62. The maximum atomic E-state index is 9.09. The molecule has 2 aromatic heterocycles. The van der Waals surface area contributed by atoms with Crippen LogP contribution in [0.15, 0.2) is 18.3 Å². The third-order valence-electron chi connectivity index (χ3n) is 2.54. The van der Waals surface area contributed by atoms with Crippen molar-refractivity contribution in [2.75, 3.05) is 6.61 Å². The number of hydrogen-bond acceptors (Lipinski definition) is 3. The Morgan fingerprint density at radius 3 is 2.87 bits per heavy atom. The average molecular weight is 205 g/mol. The molecule has 3 N–H and O–H groups in total. The Morgan fingerprint density at radius 1 is 1.47 bits per heavy atom. The summed E-state index contributed by atoms with van der Waals surface area (Å²) >= 11 is 0. The maximum Gasteiger partial charge on any atom is 0.137 e. The summed E-state index contributed by atoms with van der Waals surface area (Å²) in [6.45, 7) is 3.86. The average Bonchev–Trinajstić information content (AvgIpc) is 2.52. The van der Waals surface area contributed by atoms with Crippen molar-refractivity contribution in [1.29, 1.82) is 0 Å². The first-order valence-electron chi connectivity index (χ1n) is 4.95. The number of hydrogen-bond donors (Lipinski definition) is 2. The van der Waals surface area contributed by atoms with Gasteiger partial charge in [-0.05, 0) is 25.5 Å². The highest BCUT2D eigenvalue weighted by atomic mass is 16.3. The van der Waals surface area contributed by atoms with Gasteiger partial charge in [-0.1, -0.05) is 6.07 Å². The molecular formula is C11H15N3O. The first-order chi connectivity index (χ1) is 7.13. The zero-order valence-corrected chi connectivity index (χ0v) is 8.94. The molecule has 0 saturated carbocycles. The predicted molar refractivity (Wildman–Crippen MR) is 58.7 cm³/mol. The van der Waals surface area contributed by atoms with Crippen molar-refractivity contribution in [3.8, 4) is 0 Å². The Morgan fingerprint density at radius 2 is 2.20 bits per heavy atom. The number of imidazole rings is 1. The monoisotopic (exact) mass is 205 g/mol. The minimum Gasteiger partial charge on any atom is -0.394 e. The van der Waals surface area contributed by atoms with Crippen LogP contribution in [0.4, 0.5) is 0 Å². The Bertz CT molecular complexity index is 490. The van der Waals surface area contributed by atoms with Crippen molar-refractivity contribution in [1.82, 2.24) is 9.38 Å². The van der Waals surface area contributed by atoms with E-state index in [0.717, 1.165) is 22.6 Å². The van der Waals surface area contributed by atoms with Gasteiger partial charge in [0.15, 0.2) is 0 Å². The second kappa shape index (κ2) is 3.64. The van der Waals surface area contributed by atoms with Crippen molar-refractivity contribution >= 4 is 5.65 Å². The molecule has 80 valence electrons. The van der Waals surface area contributed by atoms with Gasteiger partial charge in [0.05, 0.1) is 24.0 Å². The quantitative estimate of drug-likeness (QED) is 0.767. The Labute approximate surface area is 88.4 Å². The molecule has 0 aliphatic heterocycles. The van der Waals surface area contributed by atoms with E-state index in [2.05, 4.69) is 4.98 Å². The van der Waals surface area contributed by atoms with Crippen molar-refractivity contribution in [2.24, 2.45) is 5.73 Å². The number of rotatable bonds is 2. The van der Waals surface area contributed by atoms with Gasteiger partial charge in [0, 0.05) is 6.20 Å². The van der Waals surface area contributed by atoms with Crippen LogP contribution >= 0.6 is 0 Å². The standard InChI is InChI=1S/C11H15N3O/c1-7-3-4-10-13-8(2)11(9(12)6-15)14(10)5-7/h3-5,9,15H,6,12H2,1-2H3. The Kier molecular flexibility index (Phi) is 2.46. The second-order valence-electron chi connectivity index (χ2n) is 3.81. The Hall–Kier alpha value is -1.39. The lowest BCUT2D eigenvalue weighted by Crippen LogP contribution is -2.17. The lowest BCUT2D eigenvalue weighted by Gasteiger charge is -2.09. The molecule has 2 heterocycles. The topological polar surface area (TPSA) is 63.5 Å². The van der Waals surface area contributed by atoms with Crippen LogP contribution in [0, 0.1) is 13.8 Å². The van der Waals surface area contributed by atoms with E-state index in [1.807, 2.05) is 36.6 Å². The highest BCUT2D eigenvalue weighted by molar-refractivity contribution is 5.45. The number of pyridine rings is 1. The zero-order chi connectivity index (χ0) is 11.0. The fourth-order valence-corrected chi connectivity index (χ4v) is 1.82. The number of nitrogens with two attached hydrogens (primary N) is 1. The van der Waals surface area contributed by atoms with E-state index in [0.29, 0.717) is 0 Å². The van der Waals surface area contributed by atoms with Crippen molar-refractivity contribution in [2.45, 2.75) is 19.9 Å². The third-order valence-corrected chi connectivity index (χ3v) is 2.54. The summed E-state index contributed by atoms with van der Waals surface area (Å²) in [7, 11) is 0. The van der Waals surface area contributed by atoms with Gasteiger partial charge < -0.3 is 15.2 Å². The minimum absolute atomic E-state index is 0.0669. The van der Waals surface area contributed by atoms with Gasteiger partial charge in [0.2, 0.25) is 0 Å². The van der Waals surface area contributed by atoms with Gasteiger partial charge in [-0.25, -0.2) is 4.98 Å². The van der Waals surface area contributed by atoms with E-state index in [1.165, 1.54) is 0 Å². The summed E-state index contributed by atoms with van der Waals surface area (Å²) < 4.78 is 1.95. The number of aryl methyl sites for hydroxylation is 2. The fourth-order valence-electron chi connectivity index (χ4n) is 1.82. The normalized spacial score (nSPS) is 13.3. The van der Waals surface area contributed by atoms with E-state index < -0.39 is 0 Å². The maximum absolute atomic E-state index is 9.09. The van der Waals surface area contributed by atoms with Crippen LogP contribution in [0.2, 0.25) is 0 Å². The number of nitrogens with zero attached hydrogens (tertiary/aromatic N) is 2.